The lowest BCUT2D eigenvalue weighted by molar-refractivity contribution is 0.174. The van der Waals surface area contributed by atoms with Crippen molar-refractivity contribution in [3.63, 3.8) is 0 Å². The Labute approximate surface area is 102 Å². The molecule has 0 radical (unpaired) electrons. The number of rotatable bonds is 5. The second-order valence-electron chi connectivity index (χ2n) is 5.23. The van der Waals surface area contributed by atoms with Crippen molar-refractivity contribution in [2.24, 2.45) is 5.92 Å². The molecule has 1 nitrogen and oxygen atoms in total. The summed E-state index contributed by atoms with van der Waals surface area (Å²) in [6.45, 7) is 0.420. The highest BCUT2D eigenvalue weighted by molar-refractivity contribution is 6.66. The molecule has 0 unspecified atom stereocenters. The van der Waals surface area contributed by atoms with Gasteiger partial charge in [0.05, 0.1) is 0 Å². The maximum atomic E-state index is 12.4. The minimum Gasteiger partial charge on any atom is -0.445 e. The van der Waals surface area contributed by atoms with Gasteiger partial charge in [0.2, 0.25) is 0 Å². The molecule has 1 aliphatic carbocycles. The zero-order valence-electron chi connectivity index (χ0n) is 10.8. The Bertz CT molecular complexity index is 257. The first-order chi connectivity index (χ1) is 7.84. The van der Waals surface area contributed by atoms with Crippen molar-refractivity contribution in [3.8, 4) is 0 Å². The summed E-state index contributed by atoms with van der Waals surface area (Å²) >= 11 is 0. The molecule has 1 fully saturated rings. The number of likely N-dealkylation sites (N-methyl/N-ethyl adjacent to an activating group) is 1. The summed E-state index contributed by atoms with van der Waals surface area (Å²) in [7, 11) is 1.78. The maximum absolute atomic E-state index is 12.4. The molecule has 1 aliphatic rings. The Morgan fingerprint density at radius 1 is 1.24 bits per heavy atom. The van der Waals surface area contributed by atoms with Crippen LogP contribution in [-0.4, -0.2) is 31.5 Å². The van der Waals surface area contributed by atoms with E-state index in [1.807, 2.05) is 4.90 Å². The molecule has 0 aromatic rings. The SMILES string of the molecule is C=C(CN(C)C1CCC(CC)CC1)[B-](F)(F)F. The van der Waals surface area contributed by atoms with Crippen LogP contribution in [0.4, 0.5) is 12.9 Å². The number of halogens is 3. The van der Waals surface area contributed by atoms with Gasteiger partial charge >= 0.3 is 6.98 Å². The Hall–Kier alpha value is -0.445. The fourth-order valence-corrected chi connectivity index (χ4v) is 2.55. The molecule has 0 saturated heterocycles. The van der Waals surface area contributed by atoms with Crippen LogP contribution in [0.1, 0.15) is 39.0 Å². The van der Waals surface area contributed by atoms with Crippen LogP contribution in [0.15, 0.2) is 12.1 Å². The van der Waals surface area contributed by atoms with E-state index in [2.05, 4.69) is 13.5 Å². The van der Waals surface area contributed by atoms with Crippen molar-refractivity contribution in [1.82, 2.24) is 4.90 Å². The van der Waals surface area contributed by atoms with Gasteiger partial charge in [-0.05, 0) is 45.2 Å². The molecule has 0 N–H and O–H groups in total. The smallest absolute Gasteiger partial charge is 0.445 e. The molecule has 0 aromatic carbocycles. The van der Waals surface area contributed by atoms with Gasteiger partial charge in [-0.1, -0.05) is 13.3 Å². The topological polar surface area (TPSA) is 3.24 Å². The molecular weight excluding hydrogens is 226 g/mol. The zero-order valence-corrected chi connectivity index (χ0v) is 10.8. The Kier molecular flexibility index (Phi) is 5.11. The molecule has 0 spiro atoms. The molecule has 0 bridgehead atoms. The first-order valence-corrected chi connectivity index (χ1v) is 6.42. The third-order valence-electron chi connectivity index (χ3n) is 3.93. The van der Waals surface area contributed by atoms with Crippen LogP contribution >= 0.6 is 0 Å². The van der Waals surface area contributed by atoms with Crippen molar-refractivity contribution in [1.29, 1.82) is 0 Å². The monoisotopic (exact) mass is 248 g/mol. The van der Waals surface area contributed by atoms with E-state index in [1.165, 1.54) is 6.42 Å². The van der Waals surface area contributed by atoms with E-state index in [-0.39, 0.29) is 6.54 Å². The second kappa shape index (κ2) is 5.94. The number of hydrogen-bond donors (Lipinski definition) is 0. The third-order valence-corrected chi connectivity index (χ3v) is 3.93. The van der Waals surface area contributed by atoms with Crippen LogP contribution in [0, 0.1) is 5.92 Å². The van der Waals surface area contributed by atoms with E-state index in [9.17, 15) is 12.9 Å². The Balaban J connectivity index is 2.39. The average Bonchev–Trinajstić information content (AvgIpc) is 2.27. The predicted octanol–water partition coefficient (Wildman–Crippen LogP) is 3.83. The molecule has 0 atom stereocenters. The fraction of sp³-hybridized carbons (Fsp3) is 0.833. The van der Waals surface area contributed by atoms with Gasteiger partial charge in [-0.3, -0.25) is 0 Å². The Morgan fingerprint density at radius 2 is 1.76 bits per heavy atom. The predicted molar refractivity (Wildman–Crippen MR) is 66.9 cm³/mol. The quantitative estimate of drug-likeness (QED) is 0.668. The summed E-state index contributed by atoms with van der Waals surface area (Å²) in [5.74, 6) is 0.773. The highest BCUT2D eigenvalue weighted by Crippen LogP contribution is 2.30. The van der Waals surface area contributed by atoms with Gasteiger partial charge in [-0.15, -0.1) is 12.1 Å². The summed E-state index contributed by atoms with van der Waals surface area (Å²) in [4.78, 5) is 1.82. The Morgan fingerprint density at radius 3 is 2.18 bits per heavy atom. The maximum Gasteiger partial charge on any atom is 0.506 e. The molecule has 0 amide bonds. The first kappa shape index (κ1) is 14.6. The van der Waals surface area contributed by atoms with Crippen LogP contribution < -0.4 is 0 Å². The van der Waals surface area contributed by atoms with E-state index >= 15 is 0 Å². The number of nitrogens with zero attached hydrogens (tertiary/aromatic N) is 1. The van der Waals surface area contributed by atoms with Crippen LogP contribution in [0.3, 0.4) is 0 Å². The number of hydrogen-bond acceptors (Lipinski definition) is 1. The van der Waals surface area contributed by atoms with Gasteiger partial charge in [0.1, 0.15) is 0 Å². The molecule has 1 saturated carbocycles. The first-order valence-electron chi connectivity index (χ1n) is 6.42. The molecule has 100 valence electrons. The van der Waals surface area contributed by atoms with E-state index in [0.29, 0.717) is 6.04 Å². The molecule has 5 heteroatoms. The van der Waals surface area contributed by atoms with Gasteiger partial charge in [-0.2, -0.15) is 0 Å². The minimum absolute atomic E-state index is 0.0367. The van der Waals surface area contributed by atoms with Crippen molar-refractivity contribution in [2.45, 2.75) is 45.1 Å². The van der Waals surface area contributed by atoms with Gasteiger partial charge in [-0.25, -0.2) is 0 Å². The van der Waals surface area contributed by atoms with Crippen LogP contribution in [0.25, 0.3) is 0 Å². The van der Waals surface area contributed by atoms with Crippen LogP contribution in [0.5, 0.6) is 0 Å². The van der Waals surface area contributed by atoms with E-state index in [0.717, 1.165) is 31.6 Å². The lowest BCUT2D eigenvalue weighted by Crippen LogP contribution is -2.39. The normalized spacial score (nSPS) is 26.2. The molecule has 1 rings (SSSR count). The van der Waals surface area contributed by atoms with Crippen molar-refractivity contribution < 1.29 is 12.9 Å². The summed E-state index contributed by atoms with van der Waals surface area (Å²) < 4.78 is 37.3. The van der Waals surface area contributed by atoms with Gasteiger partial charge < -0.3 is 17.8 Å². The molecular formula is C12H22BF3N-. The van der Waals surface area contributed by atoms with Crippen molar-refractivity contribution in [3.05, 3.63) is 12.1 Å². The summed E-state index contributed by atoms with van der Waals surface area (Å²) in [5.41, 5.74) is -0.579. The fourth-order valence-electron chi connectivity index (χ4n) is 2.55. The average molecular weight is 248 g/mol. The second-order valence-corrected chi connectivity index (χ2v) is 5.23. The van der Waals surface area contributed by atoms with Gasteiger partial charge in [0.15, 0.2) is 0 Å². The van der Waals surface area contributed by atoms with Crippen molar-refractivity contribution >= 4 is 6.98 Å². The van der Waals surface area contributed by atoms with Crippen LogP contribution in [0.2, 0.25) is 0 Å². The van der Waals surface area contributed by atoms with E-state index < -0.39 is 12.4 Å². The minimum atomic E-state index is -4.88. The summed E-state index contributed by atoms with van der Waals surface area (Å²) in [6.07, 6.45) is 5.53. The summed E-state index contributed by atoms with van der Waals surface area (Å²) in [5, 5.41) is 0. The van der Waals surface area contributed by atoms with Gasteiger partial charge in [0.25, 0.3) is 0 Å². The molecule has 0 heterocycles. The highest BCUT2D eigenvalue weighted by Gasteiger charge is 2.29. The molecule has 17 heavy (non-hydrogen) atoms. The lowest BCUT2D eigenvalue weighted by Gasteiger charge is -2.36. The zero-order chi connectivity index (χ0) is 13.1. The summed E-state index contributed by atoms with van der Waals surface area (Å²) in [6, 6.07) is 0.299. The van der Waals surface area contributed by atoms with E-state index in [1.54, 1.807) is 7.05 Å². The molecule has 0 aromatic heterocycles. The highest BCUT2D eigenvalue weighted by atomic mass is 19.4. The van der Waals surface area contributed by atoms with Gasteiger partial charge in [0, 0.05) is 6.04 Å². The lowest BCUT2D eigenvalue weighted by atomic mass is 9.79. The van der Waals surface area contributed by atoms with Crippen LogP contribution in [-0.2, 0) is 0 Å². The third kappa shape index (κ3) is 4.38. The largest absolute Gasteiger partial charge is 0.506 e. The molecule has 0 aliphatic heterocycles. The standard InChI is InChI=1S/C12H22BF3N/c1-4-11-5-7-12(8-6-11)17(3)9-10(2)13(14,15)16/h11-12H,2,4-9H2,1,3H3/q-1. The van der Waals surface area contributed by atoms with E-state index in [4.69, 9.17) is 0 Å². The van der Waals surface area contributed by atoms with Crippen molar-refractivity contribution in [2.75, 3.05) is 13.6 Å².